The van der Waals surface area contributed by atoms with Crippen LogP contribution in [0.5, 0.6) is 5.75 Å². The Bertz CT molecular complexity index is 644. The first-order valence-electron chi connectivity index (χ1n) is 5.57. The number of benzene rings is 1. The van der Waals surface area contributed by atoms with Gasteiger partial charge in [0.15, 0.2) is 0 Å². The van der Waals surface area contributed by atoms with E-state index in [4.69, 9.17) is 0 Å². The highest BCUT2D eigenvalue weighted by Gasteiger charge is 2.30. The highest BCUT2D eigenvalue weighted by atomic mass is 19.4. The summed E-state index contributed by atoms with van der Waals surface area (Å²) in [6.45, 7) is 0. The minimum atomic E-state index is -4.77. The minimum Gasteiger partial charge on any atom is -0.406 e. The molecular weight excluding hydrogens is 291 g/mol. The number of rotatable bonds is 4. The summed E-state index contributed by atoms with van der Waals surface area (Å²) in [4.78, 5) is 14.0. The van der Waals surface area contributed by atoms with Gasteiger partial charge in [0.05, 0.1) is 4.92 Å². The Hall–Kier alpha value is -2.84. The zero-order valence-corrected chi connectivity index (χ0v) is 10.3. The van der Waals surface area contributed by atoms with Gasteiger partial charge in [-0.1, -0.05) is 0 Å². The Kier molecular flexibility index (Phi) is 3.92. The topological polar surface area (TPSA) is 77.3 Å². The Balaban J connectivity index is 2.16. The van der Waals surface area contributed by atoms with E-state index in [1.807, 2.05) is 0 Å². The van der Waals surface area contributed by atoms with E-state index in [0.717, 1.165) is 12.1 Å². The third kappa shape index (κ3) is 4.06. The van der Waals surface area contributed by atoms with Crippen LogP contribution >= 0.6 is 0 Å². The van der Waals surface area contributed by atoms with Crippen LogP contribution in [0.15, 0.2) is 42.6 Å². The van der Waals surface area contributed by atoms with E-state index >= 15 is 0 Å². The standard InChI is InChI=1S/C12H8F3N3O3/c13-12(14,15)21-9-5-3-8(4-6-9)17-11-10(18(19)20)2-1-7-16-11/h1-7H,(H,16,17). The molecule has 0 radical (unpaired) electrons. The average molecular weight is 299 g/mol. The van der Waals surface area contributed by atoms with Gasteiger partial charge < -0.3 is 10.1 Å². The lowest BCUT2D eigenvalue weighted by Crippen LogP contribution is -2.16. The first-order chi connectivity index (χ1) is 9.85. The molecule has 1 N–H and O–H groups in total. The summed E-state index contributed by atoms with van der Waals surface area (Å²) in [7, 11) is 0. The van der Waals surface area contributed by atoms with Gasteiger partial charge in [-0.2, -0.15) is 0 Å². The SMILES string of the molecule is O=[N+]([O-])c1cccnc1Nc1ccc(OC(F)(F)F)cc1. The molecule has 2 aromatic rings. The Morgan fingerprint density at radius 1 is 1.19 bits per heavy atom. The van der Waals surface area contributed by atoms with E-state index in [2.05, 4.69) is 15.0 Å². The van der Waals surface area contributed by atoms with E-state index in [0.29, 0.717) is 5.69 Å². The van der Waals surface area contributed by atoms with Crippen LogP contribution in [0.2, 0.25) is 0 Å². The monoisotopic (exact) mass is 299 g/mol. The molecule has 0 atom stereocenters. The molecule has 1 heterocycles. The van der Waals surface area contributed by atoms with Crippen LogP contribution in [0.25, 0.3) is 0 Å². The second-order valence-corrected chi connectivity index (χ2v) is 3.83. The third-order valence-corrected chi connectivity index (χ3v) is 2.33. The number of nitrogens with zero attached hydrogens (tertiary/aromatic N) is 2. The van der Waals surface area contributed by atoms with Gasteiger partial charge in [-0.15, -0.1) is 13.2 Å². The molecule has 6 nitrogen and oxygen atoms in total. The Morgan fingerprint density at radius 3 is 2.43 bits per heavy atom. The predicted octanol–water partition coefficient (Wildman–Crippen LogP) is 3.63. The smallest absolute Gasteiger partial charge is 0.406 e. The molecule has 0 spiro atoms. The molecule has 0 fully saturated rings. The zero-order valence-electron chi connectivity index (χ0n) is 10.3. The van der Waals surface area contributed by atoms with Gasteiger partial charge in [0.1, 0.15) is 5.75 Å². The second-order valence-electron chi connectivity index (χ2n) is 3.83. The van der Waals surface area contributed by atoms with Crippen LogP contribution in [0.3, 0.4) is 0 Å². The van der Waals surface area contributed by atoms with E-state index in [9.17, 15) is 23.3 Å². The Morgan fingerprint density at radius 2 is 1.86 bits per heavy atom. The first-order valence-corrected chi connectivity index (χ1v) is 5.57. The summed E-state index contributed by atoms with van der Waals surface area (Å²) in [5, 5.41) is 13.5. The fourth-order valence-electron chi connectivity index (χ4n) is 1.52. The summed E-state index contributed by atoms with van der Waals surface area (Å²) >= 11 is 0. The molecule has 2 rings (SSSR count). The number of nitro groups is 1. The average Bonchev–Trinajstić information content (AvgIpc) is 2.40. The molecule has 1 aromatic carbocycles. The fourth-order valence-corrected chi connectivity index (χ4v) is 1.52. The van der Waals surface area contributed by atoms with Crippen LogP contribution in [0, 0.1) is 10.1 Å². The van der Waals surface area contributed by atoms with E-state index < -0.39 is 11.3 Å². The number of hydrogen-bond donors (Lipinski definition) is 1. The predicted molar refractivity (Wildman–Crippen MR) is 67.3 cm³/mol. The number of hydrogen-bond acceptors (Lipinski definition) is 5. The summed E-state index contributed by atoms with van der Waals surface area (Å²) in [6, 6.07) is 7.42. The van der Waals surface area contributed by atoms with Gasteiger partial charge in [0.25, 0.3) is 0 Å². The number of aromatic nitrogens is 1. The lowest BCUT2D eigenvalue weighted by Gasteiger charge is -2.10. The molecule has 0 unspecified atom stereocenters. The number of ether oxygens (including phenoxy) is 1. The van der Waals surface area contributed by atoms with Crippen molar-refractivity contribution in [2.75, 3.05) is 5.32 Å². The molecule has 0 aliphatic heterocycles. The van der Waals surface area contributed by atoms with Gasteiger partial charge in [0.2, 0.25) is 5.82 Å². The minimum absolute atomic E-state index is 0.00742. The highest BCUT2D eigenvalue weighted by molar-refractivity contribution is 5.65. The van der Waals surface area contributed by atoms with E-state index in [-0.39, 0.29) is 17.3 Å². The number of pyridine rings is 1. The van der Waals surface area contributed by atoms with Crippen LogP contribution in [0.4, 0.5) is 30.4 Å². The van der Waals surface area contributed by atoms with Crippen LogP contribution in [0.1, 0.15) is 0 Å². The van der Waals surface area contributed by atoms with Crippen molar-refractivity contribution < 1.29 is 22.8 Å². The van der Waals surface area contributed by atoms with Crippen LogP contribution < -0.4 is 10.1 Å². The third-order valence-electron chi connectivity index (χ3n) is 2.33. The normalized spacial score (nSPS) is 11.0. The van der Waals surface area contributed by atoms with Crippen molar-refractivity contribution in [2.24, 2.45) is 0 Å². The molecule has 1 aromatic heterocycles. The molecule has 0 saturated heterocycles. The van der Waals surface area contributed by atoms with Crippen molar-refractivity contribution in [1.29, 1.82) is 0 Å². The number of anilines is 2. The van der Waals surface area contributed by atoms with Crippen molar-refractivity contribution in [3.05, 3.63) is 52.7 Å². The van der Waals surface area contributed by atoms with Crippen LogP contribution in [-0.4, -0.2) is 16.3 Å². The van der Waals surface area contributed by atoms with Gasteiger partial charge in [0, 0.05) is 18.0 Å². The molecular formula is C12H8F3N3O3. The van der Waals surface area contributed by atoms with E-state index in [1.54, 1.807) is 0 Å². The number of halogens is 3. The number of alkyl halides is 3. The van der Waals surface area contributed by atoms with Crippen molar-refractivity contribution >= 4 is 17.2 Å². The molecule has 0 amide bonds. The maximum absolute atomic E-state index is 12.0. The quantitative estimate of drug-likeness (QED) is 0.689. The van der Waals surface area contributed by atoms with Crippen LogP contribution in [-0.2, 0) is 0 Å². The van der Waals surface area contributed by atoms with E-state index in [1.165, 1.54) is 30.5 Å². The summed E-state index contributed by atoms with van der Waals surface area (Å²) < 4.78 is 39.7. The lowest BCUT2D eigenvalue weighted by molar-refractivity contribution is -0.384. The number of nitrogens with one attached hydrogen (secondary N) is 1. The highest BCUT2D eigenvalue weighted by Crippen LogP contribution is 2.27. The first kappa shape index (κ1) is 14.6. The molecule has 0 aliphatic rings. The van der Waals surface area contributed by atoms with Crippen molar-refractivity contribution in [3.63, 3.8) is 0 Å². The van der Waals surface area contributed by atoms with Gasteiger partial charge in [-0.25, -0.2) is 4.98 Å². The van der Waals surface area contributed by atoms with Crippen molar-refractivity contribution in [1.82, 2.24) is 4.98 Å². The van der Waals surface area contributed by atoms with Gasteiger partial charge in [-0.3, -0.25) is 10.1 Å². The largest absolute Gasteiger partial charge is 0.573 e. The fraction of sp³-hybridized carbons (Fsp3) is 0.0833. The van der Waals surface area contributed by atoms with Crippen molar-refractivity contribution in [3.8, 4) is 5.75 Å². The second kappa shape index (κ2) is 5.65. The van der Waals surface area contributed by atoms with Crippen molar-refractivity contribution in [2.45, 2.75) is 6.36 Å². The molecule has 110 valence electrons. The summed E-state index contributed by atoms with van der Waals surface area (Å²) in [5.74, 6) is -0.393. The summed E-state index contributed by atoms with van der Waals surface area (Å²) in [5.41, 5.74) is 0.0967. The summed E-state index contributed by atoms with van der Waals surface area (Å²) in [6.07, 6.45) is -3.41. The van der Waals surface area contributed by atoms with Gasteiger partial charge in [-0.05, 0) is 30.3 Å². The van der Waals surface area contributed by atoms with Gasteiger partial charge >= 0.3 is 12.0 Å². The molecule has 0 bridgehead atoms. The zero-order chi connectivity index (χ0) is 15.5. The molecule has 0 aliphatic carbocycles. The lowest BCUT2D eigenvalue weighted by atomic mass is 10.3. The molecule has 21 heavy (non-hydrogen) atoms. The molecule has 9 heteroatoms. The maximum Gasteiger partial charge on any atom is 0.573 e. The molecule has 0 saturated carbocycles. The Labute approximate surface area is 116 Å². The maximum atomic E-state index is 12.0.